The van der Waals surface area contributed by atoms with Crippen molar-refractivity contribution < 1.29 is 24.2 Å². The number of carbonyl (C=O) groups excluding carboxylic acids is 2. The van der Waals surface area contributed by atoms with E-state index in [4.69, 9.17) is 0 Å². The monoisotopic (exact) mass is 573 g/mol. The van der Waals surface area contributed by atoms with Gasteiger partial charge >= 0.3 is 6.18 Å². The van der Waals surface area contributed by atoms with Gasteiger partial charge in [0.05, 0.1) is 12.1 Å². The van der Waals surface area contributed by atoms with Crippen molar-refractivity contribution in [2.24, 2.45) is 17.8 Å². The van der Waals surface area contributed by atoms with Crippen LogP contribution >= 0.6 is 0 Å². The van der Waals surface area contributed by atoms with E-state index >= 15 is 0 Å². The van der Waals surface area contributed by atoms with Crippen molar-refractivity contribution in [3.8, 4) is 0 Å². The second kappa shape index (κ2) is 11.7. The number of piperidine rings is 1. The van der Waals surface area contributed by atoms with Crippen molar-refractivity contribution in [3.63, 3.8) is 0 Å². The molecule has 4 heterocycles. The molecule has 12 heteroatoms. The zero-order valence-corrected chi connectivity index (χ0v) is 23.6. The van der Waals surface area contributed by atoms with Crippen LogP contribution < -0.4 is 10.2 Å². The summed E-state index contributed by atoms with van der Waals surface area (Å²) in [4.78, 5) is 34.3. The minimum absolute atomic E-state index is 0. The van der Waals surface area contributed by atoms with Crippen LogP contribution in [0.25, 0.3) is 10.9 Å². The summed E-state index contributed by atoms with van der Waals surface area (Å²) in [7, 11) is 0. The molecule has 9 nitrogen and oxygen atoms in total. The van der Waals surface area contributed by atoms with Crippen molar-refractivity contribution in [2.45, 2.75) is 59.3 Å². The average Bonchev–Trinajstić information content (AvgIpc) is 3.70. The Kier molecular flexibility index (Phi) is 8.19. The first-order valence-electron chi connectivity index (χ1n) is 14.4. The van der Waals surface area contributed by atoms with Crippen LogP contribution in [-0.2, 0) is 24.1 Å². The molecule has 2 amide bonds. The molecule has 0 unspecified atom stereocenters. The number of anilines is 1. The number of nitrogens with one attached hydrogen (secondary N) is 1. The van der Waals surface area contributed by atoms with Gasteiger partial charge in [0.1, 0.15) is 0 Å². The molecule has 0 radical (unpaired) electrons. The lowest BCUT2D eigenvalue weighted by molar-refractivity contribution is -0.148. The van der Waals surface area contributed by atoms with Gasteiger partial charge in [0, 0.05) is 62.9 Å². The molecule has 3 aliphatic rings. The van der Waals surface area contributed by atoms with Crippen LogP contribution in [0.1, 0.15) is 63.5 Å². The molecule has 6 rings (SSSR count). The normalized spacial score (nSPS) is 20.7. The van der Waals surface area contributed by atoms with Crippen LogP contribution in [0, 0.1) is 17.8 Å². The van der Waals surface area contributed by atoms with Gasteiger partial charge in [-0.15, -0.1) is 10.2 Å². The van der Waals surface area contributed by atoms with Gasteiger partial charge in [-0.2, -0.15) is 13.2 Å². The molecular formula is C29H38F3N7O2. The standard InChI is InChI=1S/C27H30F3N7O2.C2H6.H2/c1-16-14-35(22-6-8-31-21-12-18(4-5-20(21)22)24(38)32-13-17-2-3-17)9-7-19(16)25(39)36-10-11-37-23(15-36)33-34-26(37)27(28,29)30;1-2;/h4-6,8,12,16-17,19H,2-3,7,9-11,13-15H2,1H3,(H,32,38);1-2H3;1H/t16-,19+;;/m1../s1. The summed E-state index contributed by atoms with van der Waals surface area (Å²) in [5.41, 5.74) is 2.34. The first kappa shape index (κ1) is 28.8. The summed E-state index contributed by atoms with van der Waals surface area (Å²) in [6.45, 7) is 8.31. The fourth-order valence-corrected chi connectivity index (χ4v) is 5.73. The Bertz CT molecular complexity index is 1430. The van der Waals surface area contributed by atoms with Crippen LogP contribution in [0.3, 0.4) is 0 Å². The molecule has 1 aromatic carbocycles. The lowest BCUT2D eigenvalue weighted by Gasteiger charge is -2.40. The summed E-state index contributed by atoms with van der Waals surface area (Å²) < 4.78 is 40.6. The zero-order chi connectivity index (χ0) is 29.3. The molecule has 3 aromatic rings. The maximum atomic E-state index is 13.4. The number of hydrogen-bond acceptors (Lipinski definition) is 6. The van der Waals surface area contributed by atoms with Crippen LogP contribution in [0.15, 0.2) is 30.5 Å². The number of amides is 2. The van der Waals surface area contributed by atoms with Gasteiger partial charge in [-0.25, -0.2) is 0 Å². The third-order valence-corrected chi connectivity index (χ3v) is 8.11. The Morgan fingerprint density at radius 1 is 1.07 bits per heavy atom. The Hall–Kier alpha value is -3.70. The van der Waals surface area contributed by atoms with Gasteiger partial charge in [-0.3, -0.25) is 14.6 Å². The number of aromatic nitrogens is 4. The van der Waals surface area contributed by atoms with Gasteiger partial charge in [0.25, 0.3) is 5.91 Å². The minimum atomic E-state index is -4.57. The Morgan fingerprint density at radius 2 is 1.85 bits per heavy atom. The van der Waals surface area contributed by atoms with E-state index in [9.17, 15) is 22.8 Å². The summed E-state index contributed by atoms with van der Waals surface area (Å²) in [6, 6.07) is 7.54. The highest BCUT2D eigenvalue weighted by Gasteiger charge is 2.41. The minimum Gasteiger partial charge on any atom is -0.371 e. The third kappa shape index (κ3) is 6.01. The molecule has 2 fully saturated rings. The Morgan fingerprint density at radius 3 is 2.56 bits per heavy atom. The number of rotatable bonds is 5. The van der Waals surface area contributed by atoms with Crippen molar-refractivity contribution in [2.75, 3.05) is 31.1 Å². The quantitative estimate of drug-likeness (QED) is 0.473. The van der Waals surface area contributed by atoms with Crippen molar-refractivity contribution in [3.05, 3.63) is 47.7 Å². The van der Waals surface area contributed by atoms with E-state index in [1.165, 1.54) is 12.8 Å². The Balaban J connectivity index is 0.00000132. The summed E-state index contributed by atoms with van der Waals surface area (Å²) >= 11 is 0. The summed E-state index contributed by atoms with van der Waals surface area (Å²) in [5.74, 6) is -0.577. The topological polar surface area (TPSA) is 96.2 Å². The van der Waals surface area contributed by atoms with Crippen molar-refractivity contribution in [1.29, 1.82) is 0 Å². The fourth-order valence-electron chi connectivity index (χ4n) is 5.73. The highest BCUT2D eigenvalue weighted by atomic mass is 19.4. The number of nitrogens with zero attached hydrogens (tertiary/aromatic N) is 6. The van der Waals surface area contributed by atoms with Gasteiger partial charge in [0.2, 0.25) is 11.7 Å². The third-order valence-electron chi connectivity index (χ3n) is 8.11. The maximum Gasteiger partial charge on any atom is 0.451 e. The molecule has 1 saturated heterocycles. The van der Waals surface area contributed by atoms with Gasteiger partial charge in [-0.1, -0.05) is 20.8 Å². The molecule has 1 aliphatic carbocycles. The van der Waals surface area contributed by atoms with Crippen molar-refractivity contribution in [1.82, 2.24) is 30.0 Å². The number of benzene rings is 1. The zero-order valence-electron chi connectivity index (χ0n) is 23.6. The number of halogens is 3. The molecule has 0 bridgehead atoms. The molecule has 222 valence electrons. The van der Waals surface area contributed by atoms with Crippen molar-refractivity contribution >= 4 is 28.4 Å². The van der Waals surface area contributed by atoms with Crippen LogP contribution in [0.4, 0.5) is 18.9 Å². The number of alkyl halides is 3. The SMILES string of the molecule is CC.C[C@@H]1CN(c2ccnc3cc(C(=O)NCC4CC4)ccc23)CC[C@@H]1C(=O)N1CCn2c(nnc2C(F)(F)F)C1.[HH]. The van der Waals surface area contributed by atoms with E-state index in [2.05, 4.69) is 25.4 Å². The van der Waals surface area contributed by atoms with Crippen LogP contribution in [0.2, 0.25) is 0 Å². The molecule has 0 spiro atoms. The second-order valence-corrected chi connectivity index (χ2v) is 10.9. The number of fused-ring (bicyclic) bond motifs is 2. The van der Waals surface area contributed by atoms with Gasteiger partial charge in [0.15, 0.2) is 5.82 Å². The molecule has 1 saturated carbocycles. The number of carbonyl (C=O) groups is 2. The smallest absolute Gasteiger partial charge is 0.371 e. The van der Waals surface area contributed by atoms with Crippen LogP contribution in [-0.4, -0.2) is 62.6 Å². The lowest BCUT2D eigenvalue weighted by atomic mass is 9.85. The van der Waals surface area contributed by atoms with E-state index in [1.54, 1.807) is 11.1 Å². The predicted molar refractivity (Wildman–Crippen MR) is 150 cm³/mol. The molecule has 1 N–H and O–H groups in total. The lowest BCUT2D eigenvalue weighted by Crippen LogP contribution is -2.49. The molecule has 2 atom stereocenters. The Labute approximate surface area is 238 Å². The maximum absolute atomic E-state index is 13.4. The largest absolute Gasteiger partial charge is 0.451 e. The van der Waals surface area contributed by atoms with E-state index < -0.39 is 12.0 Å². The summed E-state index contributed by atoms with van der Waals surface area (Å²) in [6.07, 6.45) is 0.146. The van der Waals surface area contributed by atoms with Gasteiger partial charge in [-0.05, 0) is 55.4 Å². The molecular weight excluding hydrogens is 535 g/mol. The van der Waals surface area contributed by atoms with Crippen LogP contribution in [0.5, 0.6) is 0 Å². The van der Waals surface area contributed by atoms with E-state index in [0.717, 1.165) is 21.2 Å². The number of pyridine rings is 1. The molecule has 41 heavy (non-hydrogen) atoms. The highest BCUT2D eigenvalue weighted by Crippen LogP contribution is 2.34. The average molecular weight is 574 g/mol. The van der Waals surface area contributed by atoms with E-state index in [-0.39, 0.29) is 50.5 Å². The predicted octanol–water partition coefficient (Wildman–Crippen LogP) is 4.76. The van der Waals surface area contributed by atoms with Gasteiger partial charge < -0.3 is 19.7 Å². The molecule has 2 aliphatic heterocycles. The fraction of sp³-hybridized carbons (Fsp3) is 0.552. The van der Waals surface area contributed by atoms with E-state index in [0.29, 0.717) is 37.5 Å². The number of hydrogen-bond donors (Lipinski definition) is 1. The first-order chi connectivity index (χ1) is 19.7. The summed E-state index contributed by atoms with van der Waals surface area (Å²) in [5, 5.41) is 10.9. The molecule has 2 aromatic heterocycles. The second-order valence-electron chi connectivity index (χ2n) is 10.9. The van der Waals surface area contributed by atoms with E-state index in [1.807, 2.05) is 45.0 Å². The first-order valence-corrected chi connectivity index (χ1v) is 14.4. The highest BCUT2D eigenvalue weighted by molar-refractivity contribution is 6.00.